The van der Waals surface area contributed by atoms with Gasteiger partial charge in [0.1, 0.15) is 6.10 Å². The Morgan fingerprint density at radius 3 is 2.88 bits per heavy atom. The predicted molar refractivity (Wildman–Crippen MR) is 67.2 cm³/mol. The maximum atomic E-state index is 5.59. The first-order chi connectivity index (χ1) is 7.77. The molecule has 1 heterocycles. The molecule has 16 heavy (non-hydrogen) atoms. The largest absolute Gasteiger partial charge is 0.497 e. The van der Waals surface area contributed by atoms with Crippen LogP contribution in [0.2, 0.25) is 0 Å². The highest BCUT2D eigenvalue weighted by atomic mass is 16.5. The van der Waals surface area contributed by atoms with Gasteiger partial charge in [0.25, 0.3) is 0 Å². The standard InChI is InChI=1S/C14H25NO/c1-11-6-5-8-14(12(11)2)15-10-13-7-3-4-9-16-13/h4,9,11-15H,3,5-8,10H2,1-2H3. The van der Waals surface area contributed by atoms with Crippen molar-refractivity contribution in [2.45, 2.75) is 58.1 Å². The van der Waals surface area contributed by atoms with E-state index in [9.17, 15) is 0 Å². The Morgan fingerprint density at radius 1 is 1.25 bits per heavy atom. The second kappa shape index (κ2) is 5.72. The maximum Gasteiger partial charge on any atom is 0.110 e. The average molecular weight is 223 g/mol. The second-order valence-corrected chi connectivity index (χ2v) is 5.49. The summed E-state index contributed by atoms with van der Waals surface area (Å²) in [5, 5.41) is 3.71. The van der Waals surface area contributed by atoms with Gasteiger partial charge in [-0.2, -0.15) is 0 Å². The van der Waals surface area contributed by atoms with Crippen LogP contribution in [-0.2, 0) is 4.74 Å². The minimum atomic E-state index is 0.398. The van der Waals surface area contributed by atoms with E-state index in [2.05, 4.69) is 25.2 Å². The number of hydrogen-bond acceptors (Lipinski definition) is 2. The fraction of sp³-hybridized carbons (Fsp3) is 0.857. The molecule has 2 nitrogen and oxygen atoms in total. The first kappa shape index (κ1) is 12.0. The van der Waals surface area contributed by atoms with Gasteiger partial charge in [0.15, 0.2) is 0 Å². The second-order valence-electron chi connectivity index (χ2n) is 5.49. The van der Waals surface area contributed by atoms with Gasteiger partial charge in [-0.15, -0.1) is 0 Å². The predicted octanol–water partition coefficient (Wildman–Crippen LogP) is 3.09. The maximum absolute atomic E-state index is 5.59. The molecule has 1 aliphatic heterocycles. The SMILES string of the molecule is CC1CCCC(NCC2CCC=CO2)C1C. The van der Waals surface area contributed by atoms with Crippen LogP contribution >= 0.6 is 0 Å². The monoisotopic (exact) mass is 223 g/mol. The van der Waals surface area contributed by atoms with E-state index in [0.717, 1.165) is 18.4 Å². The molecule has 0 saturated heterocycles. The van der Waals surface area contributed by atoms with Crippen LogP contribution in [0.15, 0.2) is 12.3 Å². The van der Waals surface area contributed by atoms with Gasteiger partial charge in [0.2, 0.25) is 0 Å². The molecule has 4 atom stereocenters. The van der Waals surface area contributed by atoms with E-state index in [1.165, 1.54) is 32.1 Å². The van der Waals surface area contributed by atoms with Crippen LogP contribution in [0.25, 0.3) is 0 Å². The minimum absolute atomic E-state index is 0.398. The van der Waals surface area contributed by atoms with Crippen molar-refractivity contribution in [2.24, 2.45) is 11.8 Å². The number of rotatable bonds is 3. The summed E-state index contributed by atoms with van der Waals surface area (Å²) in [6.07, 6.45) is 10.8. The molecular formula is C14H25NO. The van der Waals surface area contributed by atoms with E-state index in [0.29, 0.717) is 12.1 Å². The molecule has 4 unspecified atom stereocenters. The molecule has 1 saturated carbocycles. The van der Waals surface area contributed by atoms with E-state index in [1.807, 2.05) is 6.26 Å². The van der Waals surface area contributed by atoms with E-state index in [-0.39, 0.29) is 0 Å². The quantitative estimate of drug-likeness (QED) is 0.794. The summed E-state index contributed by atoms with van der Waals surface area (Å²) in [6, 6.07) is 0.707. The summed E-state index contributed by atoms with van der Waals surface area (Å²) < 4.78 is 5.59. The molecule has 0 aromatic carbocycles. The number of allylic oxidation sites excluding steroid dienone is 1. The molecule has 1 fully saturated rings. The van der Waals surface area contributed by atoms with Crippen LogP contribution in [-0.4, -0.2) is 18.7 Å². The molecule has 0 aromatic rings. The molecular weight excluding hydrogens is 198 g/mol. The van der Waals surface area contributed by atoms with E-state index in [1.54, 1.807) is 0 Å². The van der Waals surface area contributed by atoms with Crippen LogP contribution in [0, 0.1) is 11.8 Å². The lowest BCUT2D eigenvalue weighted by Gasteiger charge is -2.35. The third-order valence-electron chi connectivity index (χ3n) is 4.34. The number of ether oxygens (including phenoxy) is 1. The van der Waals surface area contributed by atoms with Crippen LogP contribution in [0.5, 0.6) is 0 Å². The van der Waals surface area contributed by atoms with Crippen molar-refractivity contribution in [1.82, 2.24) is 5.32 Å². The molecule has 0 radical (unpaired) electrons. The molecule has 92 valence electrons. The highest BCUT2D eigenvalue weighted by Gasteiger charge is 2.27. The Labute approximate surface area is 99.4 Å². The van der Waals surface area contributed by atoms with Gasteiger partial charge in [-0.1, -0.05) is 26.7 Å². The Bertz CT molecular complexity index is 239. The fourth-order valence-corrected chi connectivity index (χ4v) is 2.89. The van der Waals surface area contributed by atoms with Crippen LogP contribution in [0.3, 0.4) is 0 Å². The topological polar surface area (TPSA) is 21.3 Å². The molecule has 0 spiro atoms. The highest BCUT2D eigenvalue weighted by molar-refractivity contribution is 4.86. The Morgan fingerprint density at radius 2 is 2.12 bits per heavy atom. The molecule has 1 aliphatic carbocycles. The summed E-state index contributed by atoms with van der Waals surface area (Å²) in [4.78, 5) is 0. The Balaban J connectivity index is 1.74. The summed E-state index contributed by atoms with van der Waals surface area (Å²) in [5.74, 6) is 1.69. The third kappa shape index (κ3) is 3.00. The third-order valence-corrected chi connectivity index (χ3v) is 4.34. The van der Waals surface area contributed by atoms with Crippen molar-refractivity contribution in [3.8, 4) is 0 Å². The lowest BCUT2D eigenvalue weighted by Crippen LogP contribution is -2.44. The van der Waals surface area contributed by atoms with Crippen LogP contribution in [0.1, 0.15) is 46.0 Å². The molecule has 2 aliphatic rings. The van der Waals surface area contributed by atoms with E-state index >= 15 is 0 Å². The molecule has 1 N–H and O–H groups in total. The van der Waals surface area contributed by atoms with Gasteiger partial charge in [-0.25, -0.2) is 0 Å². The number of nitrogens with one attached hydrogen (secondary N) is 1. The Hall–Kier alpha value is -0.500. The Kier molecular flexibility index (Phi) is 4.28. The summed E-state index contributed by atoms with van der Waals surface area (Å²) >= 11 is 0. The van der Waals surface area contributed by atoms with Gasteiger partial charge in [-0.3, -0.25) is 0 Å². The summed E-state index contributed by atoms with van der Waals surface area (Å²) in [7, 11) is 0. The molecule has 0 bridgehead atoms. The van der Waals surface area contributed by atoms with Crippen molar-refractivity contribution in [3.05, 3.63) is 12.3 Å². The molecule has 0 amide bonds. The molecule has 0 aromatic heterocycles. The summed E-state index contributed by atoms with van der Waals surface area (Å²) in [6.45, 7) is 5.80. The van der Waals surface area contributed by atoms with Gasteiger partial charge in [-0.05, 0) is 37.2 Å². The summed E-state index contributed by atoms with van der Waals surface area (Å²) in [5.41, 5.74) is 0. The normalized spacial score (nSPS) is 39.4. The first-order valence-electron chi connectivity index (χ1n) is 6.81. The lowest BCUT2D eigenvalue weighted by atomic mass is 9.78. The van der Waals surface area contributed by atoms with Crippen molar-refractivity contribution in [2.75, 3.05) is 6.54 Å². The zero-order chi connectivity index (χ0) is 11.4. The van der Waals surface area contributed by atoms with Crippen molar-refractivity contribution < 1.29 is 4.74 Å². The van der Waals surface area contributed by atoms with Crippen molar-refractivity contribution >= 4 is 0 Å². The van der Waals surface area contributed by atoms with Gasteiger partial charge in [0, 0.05) is 12.6 Å². The first-order valence-corrected chi connectivity index (χ1v) is 6.81. The van der Waals surface area contributed by atoms with Gasteiger partial charge >= 0.3 is 0 Å². The van der Waals surface area contributed by atoms with Crippen LogP contribution < -0.4 is 5.32 Å². The highest BCUT2D eigenvalue weighted by Crippen LogP contribution is 2.29. The smallest absolute Gasteiger partial charge is 0.110 e. The minimum Gasteiger partial charge on any atom is -0.497 e. The fourth-order valence-electron chi connectivity index (χ4n) is 2.89. The van der Waals surface area contributed by atoms with Crippen LogP contribution in [0.4, 0.5) is 0 Å². The molecule has 2 rings (SSSR count). The zero-order valence-corrected chi connectivity index (χ0v) is 10.6. The van der Waals surface area contributed by atoms with Crippen molar-refractivity contribution in [3.63, 3.8) is 0 Å². The van der Waals surface area contributed by atoms with Crippen molar-refractivity contribution in [1.29, 1.82) is 0 Å². The molecule has 2 heteroatoms. The van der Waals surface area contributed by atoms with Gasteiger partial charge < -0.3 is 10.1 Å². The number of hydrogen-bond donors (Lipinski definition) is 1. The van der Waals surface area contributed by atoms with E-state index < -0.39 is 0 Å². The van der Waals surface area contributed by atoms with E-state index in [4.69, 9.17) is 4.74 Å². The average Bonchev–Trinajstić information content (AvgIpc) is 2.32. The van der Waals surface area contributed by atoms with Gasteiger partial charge in [0.05, 0.1) is 6.26 Å². The lowest BCUT2D eigenvalue weighted by molar-refractivity contribution is 0.108. The zero-order valence-electron chi connectivity index (χ0n) is 10.6.